The molecular weight excluding hydrogens is 284 g/mol. The average molecular weight is 297 g/mol. The minimum atomic E-state index is -0.110. The molecule has 0 saturated carbocycles. The van der Waals surface area contributed by atoms with Gasteiger partial charge in [0.2, 0.25) is 5.91 Å². The number of anilines is 2. The van der Waals surface area contributed by atoms with Gasteiger partial charge >= 0.3 is 0 Å². The first-order valence-electron chi connectivity index (χ1n) is 5.59. The van der Waals surface area contributed by atoms with Gasteiger partial charge in [0.05, 0.1) is 18.8 Å². The number of nitrogens with zero attached hydrogens (tertiary/aromatic N) is 1. The molecule has 0 fully saturated rings. The summed E-state index contributed by atoms with van der Waals surface area (Å²) in [6.07, 6.45) is 0. The molecule has 0 bridgehead atoms. The Morgan fingerprint density at radius 2 is 2.11 bits per heavy atom. The van der Waals surface area contributed by atoms with Gasteiger partial charge in [-0.25, -0.2) is 4.98 Å². The molecule has 0 saturated heterocycles. The number of halogens is 1. The van der Waals surface area contributed by atoms with E-state index in [9.17, 15) is 4.79 Å². The summed E-state index contributed by atoms with van der Waals surface area (Å²) in [6, 6.07) is 7.16. The third-order valence-electron chi connectivity index (χ3n) is 2.33. The molecule has 7 heteroatoms. The van der Waals surface area contributed by atoms with Gasteiger partial charge in [0.25, 0.3) is 0 Å². The summed E-state index contributed by atoms with van der Waals surface area (Å²) in [4.78, 5) is 15.7. The van der Waals surface area contributed by atoms with Crippen molar-refractivity contribution in [3.8, 4) is 0 Å². The molecule has 1 amide bonds. The Labute approximate surface area is 119 Å². The summed E-state index contributed by atoms with van der Waals surface area (Å²) < 4.78 is 0. The zero-order valence-electron chi connectivity index (χ0n) is 10.0. The molecule has 19 heavy (non-hydrogen) atoms. The number of carbonyl (C=O) groups is 1. The van der Waals surface area contributed by atoms with Gasteiger partial charge < -0.3 is 16.4 Å². The fourth-order valence-corrected chi connectivity index (χ4v) is 2.09. The first-order chi connectivity index (χ1) is 9.13. The van der Waals surface area contributed by atoms with Crippen LogP contribution in [0, 0.1) is 0 Å². The van der Waals surface area contributed by atoms with E-state index in [0.717, 1.165) is 11.4 Å². The maximum Gasteiger partial charge on any atom is 0.239 e. The van der Waals surface area contributed by atoms with E-state index in [-0.39, 0.29) is 12.5 Å². The van der Waals surface area contributed by atoms with Crippen LogP contribution in [0.3, 0.4) is 0 Å². The second-order valence-corrected chi connectivity index (χ2v) is 5.14. The molecule has 2 aromatic rings. The number of amides is 1. The number of hydrogen-bond acceptors (Lipinski definition) is 5. The van der Waals surface area contributed by atoms with Gasteiger partial charge in [0.1, 0.15) is 0 Å². The maximum atomic E-state index is 11.6. The van der Waals surface area contributed by atoms with Crippen LogP contribution in [0.15, 0.2) is 29.6 Å². The first-order valence-corrected chi connectivity index (χ1v) is 6.85. The molecule has 0 unspecified atom stereocenters. The van der Waals surface area contributed by atoms with Crippen molar-refractivity contribution in [3.63, 3.8) is 0 Å². The van der Waals surface area contributed by atoms with Crippen molar-refractivity contribution in [2.75, 3.05) is 17.6 Å². The summed E-state index contributed by atoms with van der Waals surface area (Å²) in [5.41, 5.74) is 7.11. The number of hydrogen-bond donors (Lipinski definition) is 3. The highest BCUT2D eigenvalue weighted by Crippen LogP contribution is 2.13. The fraction of sp³-hybridized carbons (Fsp3) is 0.167. The number of nitrogens with two attached hydrogens (primary N) is 1. The van der Waals surface area contributed by atoms with Gasteiger partial charge in [0.15, 0.2) is 5.13 Å². The van der Waals surface area contributed by atoms with E-state index in [1.54, 1.807) is 12.1 Å². The number of nitrogen functional groups attached to an aromatic ring is 1. The number of aromatic nitrogens is 1. The van der Waals surface area contributed by atoms with Gasteiger partial charge in [0, 0.05) is 16.1 Å². The fourth-order valence-electron chi connectivity index (χ4n) is 1.41. The smallest absolute Gasteiger partial charge is 0.239 e. The quantitative estimate of drug-likeness (QED) is 0.789. The standard InChI is InChI=1S/C12H13ClN4OS/c13-8-1-3-9(4-2-8)15-6-11(18)16-5-10-7-19-12(14)17-10/h1-4,7,15H,5-6H2,(H2,14,17)(H,16,18). The minimum absolute atomic E-state index is 0.110. The molecular formula is C12H13ClN4OS. The average Bonchev–Trinajstić information content (AvgIpc) is 2.81. The molecule has 5 nitrogen and oxygen atoms in total. The van der Waals surface area contributed by atoms with E-state index in [2.05, 4.69) is 15.6 Å². The van der Waals surface area contributed by atoms with E-state index < -0.39 is 0 Å². The Hall–Kier alpha value is -1.79. The predicted molar refractivity (Wildman–Crippen MR) is 78.3 cm³/mol. The van der Waals surface area contributed by atoms with Crippen molar-refractivity contribution >= 4 is 39.7 Å². The zero-order chi connectivity index (χ0) is 13.7. The van der Waals surface area contributed by atoms with Crippen LogP contribution in [0.2, 0.25) is 5.02 Å². The first kappa shape index (κ1) is 13.6. The van der Waals surface area contributed by atoms with Crippen molar-refractivity contribution in [2.45, 2.75) is 6.54 Å². The number of rotatable bonds is 5. The van der Waals surface area contributed by atoms with E-state index in [4.69, 9.17) is 17.3 Å². The zero-order valence-corrected chi connectivity index (χ0v) is 11.6. The summed E-state index contributed by atoms with van der Waals surface area (Å²) in [5.74, 6) is -0.110. The van der Waals surface area contributed by atoms with Crippen molar-refractivity contribution in [1.82, 2.24) is 10.3 Å². The highest BCUT2D eigenvalue weighted by molar-refractivity contribution is 7.13. The van der Waals surface area contributed by atoms with Crippen molar-refractivity contribution in [1.29, 1.82) is 0 Å². The second-order valence-electron chi connectivity index (χ2n) is 3.81. The van der Waals surface area contributed by atoms with Gasteiger partial charge in [-0.2, -0.15) is 0 Å². The molecule has 0 aliphatic carbocycles. The minimum Gasteiger partial charge on any atom is -0.376 e. The lowest BCUT2D eigenvalue weighted by atomic mass is 10.3. The van der Waals surface area contributed by atoms with Crippen molar-refractivity contribution in [3.05, 3.63) is 40.4 Å². The summed E-state index contributed by atoms with van der Waals surface area (Å²) in [7, 11) is 0. The molecule has 4 N–H and O–H groups in total. The number of thiazole rings is 1. The van der Waals surface area contributed by atoms with Gasteiger partial charge in [-0.3, -0.25) is 4.79 Å². The van der Waals surface area contributed by atoms with Crippen LogP contribution < -0.4 is 16.4 Å². The van der Waals surface area contributed by atoms with Crippen LogP contribution in [0.5, 0.6) is 0 Å². The highest BCUT2D eigenvalue weighted by Gasteiger charge is 2.03. The molecule has 1 heterocycles. The Kier molecular flexibility index (Phi) is 4.59. The normalized spacial score (nSPS) is 10.2. The van der Waals surface area contributed by atoms with E-state index in [1.807, 2.05) is 17.5 Å². The molecule has 0 aliphatic rings. The molecule has 0 radical (unpaired) electrons. The molecule has 1 aromatic heterocycles. The molecule has 1 aromatic carbocycles. The third-order valence-corrected chi connectivity index (χ3v) is 3.31. The number of benzene rings is 1. The summed E-state index contributed by atoms with van der Waals surface area (Å²) >= 11 is 7.13. The lowest BCUT2D eigenvalue weighted by molar-refractivity contribution is -0.119. The lowest BCUT2D eigenvalue weighted by Crippen LogP contribution is -2.29. The molecule has 2 rings (SSSR count). The molecule has 0 aliphatic heterocycles. The van der Waals surface area contributed by atoms with Crippen LogP contribution in [0.1, 0.15) is 5.69 Å². The van der Waals surface area contributed by atoms with Crippen molar-refractivity contribution < 1.29 is 4.79 Å². The second kappa shape index (κ2) is 6.40. The van der Waals surface area contributed by atoms with Crippen LogP contribution in [-0.2, 0) is 11.3 Å². The number of nitrogens with one attached hydrogen (secondary N) is 2. The van der Waals surface area contributed by atoms with Crippen LogP contribution >= 0.6 is 22.9 Å². The summed E-state index contributed by atoms with van der Waals surface area (Å²) in [6.45, 7) is 0.579. The Morgan fingerprint density at radius 3 is 2.74 bits per heavy atom. The lowest BCUT2D eigenvalue weighted by Gasteiger charge is -2.06. The Morgan fingerprint density at radius 1 is 1.37 bits per heavy atom. The number of carbonyl (C=O) groups excluding carboxylic acids is 1. The van der Waals surface area contributed by atoms with Gasteiger partial charge in [-0.1, -0.05) is 11.6 Å². The topological polar surface area (TPSA) is 80.0 Å². The third kappa shape index (κ3) is 4.42. The summed E-state index contributed by atoms with van der Waals surface area (Å²) in [5, 5.41) is 8.74. The monoisotopic (exact) mass is 296 g/mol. The maximum absolute atomic E-state index is 11.6. The van der Waals surface area contributed by atoms with Crippen LogP contribution in [-0.4, -0.2) is 17.4 Å². The van der Waals surface area contributed by atoms with E-state index in [0.29, 0.717) is 16.7 Å². The van der Waals surface area contributed by atoms with E-state index >= 15 is 0 Å². The molecule has 100 valence electrons. The van der Waals surface area contributed by atoms with Crippen LogP contribution in [0.4, 0.5) is 10.8 Å². The predicted octanol–water partition coefficient (Wildman–Crippen LogP) is 2.11. The molecule has 0 spiro atoms. The van der Waals surface area contributed by atoms with Gasteiger partial charge in [-0.15, -0.1) is 11.3 Å². The van der Waals surface area contributed by atoms with Crippen molar-refractivity contribution in [2.24, 2.45) is 0 Å². The van der Waals surface area contributed by atoms with Gasteiger partial charge in [-0.05, 0) is 24.3 Å². The Bertz CT molecular complexity index is 555. The highest BCUT2D eigenvalue weighted by atomic mass is 35.5. The SMILES string of the molecule is Nc1nc(CNC(=O)CNc2ccc(Cl)cc2)cs1. The Balaban J connectivity index is 1.74. The van der Waals surface area contributed by atoms with Crippen LogP contribution in [0.25, 0.3) is 0 Å². The van der Waals surface area contributed by atoms with E-state index in [1.165, 1.54) is 11.3 Å². The largest absolute Gasteiger partial charge is 0.376 e. The molecule has 0 atom stereocenters.